The third-order valence-corrected chi connectivity index (χ3v) is 4.09. The molecule has 118 valence electrons. The molecule has 1 aromatic carbocycles. The summed E-state index contributed by atoms with van der Waals surface area (Å²) in [7, 11) is 2.26. The Bertz CT molecular complexity index is 626. The molecule has 5 nitrogen and oxygen atoms in total. The first-order valence-corrected chi connectivity index (χ1v) is 8.17. The summed E-state index contributed by atoms with van der Waals surface area (Å²) in [6.45, 7) is 2.95. The van der Waals surface area contributed by atoms with Gasteiger partial charge in [-0.05, 0) is 26.0 Å². The van der Waals surface area contributed by atoms with Crippen molar-refractivity contribution in [1.29, 1.82) is 0 Å². The van der Waals surface area contributed by atoms with Crippen molar-refractivity contribution in [2.24, 2.45) is 0 Å². The molecule has 0 N–H and O–H groups in total. The van der Waals surface area contributed by atoms with Gasteiger partial charge in [0.25, 0.3) is 15.0 Å². The minimum Gasteiger partial charge on any atom is -0.478 e. The van der Waals surface area contributed by atoms with Crippen molar-refractivity contribution in [2.45, 2.75) is 24.8 Å². The van der Waals surface area contributed by atoms with Gasteiger partial charge in [-0.1, -0.05) is 0 Å². The predicted molar refractivity (Wildman–Crippen MR) is 72.8 cm³/mol. The van der Waals surface area contributed by atoms with Gasteiger partial charge in [0.1, 0.15) is 0 Å². The number of likely N-dealkylation sites (N-methyl/N-ethyl adjacent to an activating group) is 1. The SMILES string of the molecule is CC(C)N(C)C(=O)COc1c(F)cc(S(=O)(=O)Cl)cc1F. The van der Waals surface area contributed by atoms with Gasteiger partial charge in [0.05, 0.1) is 4.90 Å². The van der Waals surface area contributed by atoms with Crippen LogP contribution in [0.2, 0.25) is 0 Å². The minimum atomic E-state index is -4.26. The molecule has 0 aliphatic heterocycles. The van der Waals surface area contributed by atoms with E-state index in [-0.39, 0.29) is 6.04 Å². The summed E-state index contributed by atoms with van der Waals surface area (Å²) in [5.41, 5.74) is 0. The molecule has 0 spiro atoms. The third-order valence-electron chi connectivity index (χ3n) is 2.76. The first-order chi connectivity index (χ1) is 9.54. The van der Waals surface area contributed by atoms with Crippen molar-refractivity contribution >= 4 is 25.6 Å². The number of halogens is 3. The predicted octanol–water partition coefficient (Wildman–Crippen LogP) is 2.14. The molecule has 1 aromatic rings. The molecule has 0 radical (unpaired) electrons. The first kappa shape index (κ1) is 17.6. The Hall–Kier alpha value is -1.41. The molecule has 0 atom stereocenters. The lowest BCUT2D eigenvalue weighted by atomic mass is 10.3. The van der Waals surface area contributed by atoms with Crippen LogP contribution in [0.4, 0.5) is 8.78 Å². The number of benzene rings is 1. The largest absolute Gasteiger partial charge is 0.478 e. The van der Waals surface area contributed by atoms with Crippen molar-refractivity contribution in [3.05, 3.63) is 23.8 Å². The maximum Gasteiger partial charge on any atom is 0.261 e. The van der Waals surface area contributed by atoms with E-state index in [1.807, 2.05) is 0 Å². The van der Waals surface area contributed by atoms with Crippen LogP contribution in [0.3, 0.4) is 0 Å². The number of hydrogen-bond acceptors (Lipinski definition) is 4. The fraction of sp³-hybridized carbons (Fsp3) is 0.417. The van der Waals surface area contributed by atoms with Gasteiger partial charge in [0.2, 0.25) is 0 Å². The second-order valence-electron chi connectivity index (χ2n) is 4.54. The first-order valence-electron chi connectivity index (χ1n) is 5.86. The van der Waals surface area contributed by atoms with E-state index >= 15 is 0 Å². The van der Waals surface area contributed by atoms with Crippen LogP contribution in [0.5, 0.6) is 5.75 Å². The minimum absolute atomic E-state index is 0.0976. The topological polar surface area (TPSA) is 63.7 Å². The molecule has 1 rings (SSSR count). The summed E-state index contributed by atoms with van der Waals surface area (Å²) in [5.74, 6) is -3.81. The van der Waals surface area contributed by atoms with Gasteiger partial charge in [-0.3, -0.25) is 4.79 Å². The average molecular weight is 342 g/mol. The number of nitrogens with zero attached hydrogens (tertiary/aromatic N) is 1. The Labute approximate surface area is 125 Å². The monoisotopic (exact) mass is 341 g/mol. The number of carbonyl (C=O) groups is 1. The lowest BCUT2D eigenvalue weighted by Gasteiger charge is -2.21. The Morgan fingerprint density at radius 2 is 1.81 bits per heavy atom. The van der Waals surface area contributed by atoms with E-state index in [2.05, 4.69) is 0 Å². The highest BCUT2D eigenvalue weighted by molar-refractivity contribution is 8.13. The zero-order valence-corrected chi connectivity index (χ0v) is 13.1. The van der Waals surface area contributed by atoms with Crippen LogP contribution in [0.1, 0.15) is 13.8 Å². The zero-order chi connectivity index (χ0) is 16.4. The molecule has 0 unspecified atom stereocenters. The van der Waals surface area contributed by atoms with E-state index in [4.69, 9.17) is 15.4 Å². The molecule has 1 amide bonds. The van der Waals surface area contributed by atoms with Crippen molar-refractivity contribution in [3.63, 3.8) is 0 Å². The highest BCUT2D eigenvalue weighted by Gasteiger charge is 2.20. The Morgan fingerprint density at radius 1 is 1.33 bits per heavy atom. The molecular formula is C12H14ClF2NO4S. The van der Waals surface area contributed by atoms with Gasteiger partial charge >= 0.3 is 0 Å². The van der Waals surface area contributed by atoms with Gasteiger partial charge in [-0.25, -0.2) is 17.2 Å². The van der Waals surface area contributed by atoms with E-state index in [1.165, 1.54) is 11.9 Å². The molecule has 0 fully saturated rings. The van der Waals surface area contributed by atoms with Crippen LogP contribution in [0.15, 0.2) is 17.0 Å². The maximum atomic E-state index is 13.6. The van der Waals surface area contributed by atoms with Gasteiger partial charge in [-0.15, -0.1) is 0 Å². The van der Waals surface area contributed by atoms with Gasteiger partial charge < -0.3 is 9.64 Å². The van der Waals surface area contributed by atoms with Crippen LogP contribution >= 0.6 is 10.7 Å². The summed E-state index contributed by atoms with van der Waals surface area (Å²) < 4.78 is 54.1. The van der Waals surface area contributed by atoms with E-state index in [0.29, 0.717) is 12.1 Å². The van der Waals surface area contributed by atoms with E-state index in [9.17, 15) is 22.0 Å². The molecule has 0 aliphatic rings. The molecule has 9 heteroatoms. The van der Waals surface area contributed by atoms with Crippen molar-refractivity contribution in [1.82, 2.24) is 4.90 Å². The number of rotatable bonds is 5. The van der Waals surface area contributed by atoms with E-state index in [1.54, 1.807) is 13.8 Å². The molecule has 0 heterocycles. The molecular weight excluding hydrogens is 328 g/mol. The second-order valence-corrected chi connectivity index (χ2v) is 7.11. The Kier molecular flexibility index (Phi) is 5.52. The van der Waals surface area contributed by atoms with Crippen molar-refractivity contribution < 1.29 is 26.7 Å². The Morgan fingerprint density at radius 3 is 2.19 bits per heavy atom. The van der Waals surface area contributed by atoms with Crippen molar-refractivity contribution in [3.8, 4) is 5.75 Å². The average Bonchev–Trinajstić information content (AvgIpc) is 2.35. The van der Waals surface area contributed by atoms with E-state index < -0.39 is 43.8 Å². The van der Waals surface area contributed by atoms with Gasteiger partial charge in [0.15, 0.2) is 24.0 Å². The molecule has 21 heavy (non-hydrogen) atoms. The van der Waals surface area contributed by atoms with Crippen molar-refractivity contribution in [2.75, 3.05) is 13.7 Å². The summed E-state index contributed by atoms with van der Waals surface area (Å²) in [4.78, 5) is 12.3. The maximum absolute atomic E-state index is 13.6. The lowest BCUT2D eigenvalue weighted by Crippen LogP contribution is -2.36. The quantitative estimate of drug-likeness (QED) is 0.770. The summed E-state index contributed by atoms with van der Waals surface area (Å²) >= 11 is 0. The second kappa shape index (κ2) is 6.57. The highest BCUT2D eigenvalue weighted by atomic mass is 35.7. The fourth-order valence-corrected chi connectivity index (χ4v) is 2.09. The molecule has 0 aliphatic carbocycles. The standard InChI is InChI=1S/C12H14ClF2NO4S/c1-7(2)16(3)11(17)6-20-12-9(14)4-8(5-10(12)15)21(13,18)19/h4-5,7H,6H2,1-3H3. The normalized spacial score (nSPS) is 11.6. The summed E-state index contributed by atoms with van der Waals surface area (Å²) in [6.07, 6.45) is 0. The number of carbonyl (C=O) groups excluding carboxylic acids is 1. The van der Waals surface area contributed by atoms with Crippen LogP contribution in [-0.2, 0) is 13.8 Å². The smallest absolute Gasteiger partial charge is 0.261 e. The Balaban J connectivity index is 2.94. The number of ether oxygens (including phenoxy) is 1. The summed E-state index contributed by atoms with van der Waals surface area (Å²) in [6, 6.07) is 0.953. The van der Waals surface area contributed by atoms with Crippen LogP contribution in [0, 0.1) is 11.6 Å². The molecule has 0 saturated carbocycles. The zero-order valence-electron chi connectivity index (χ0n) is 11.6. The van der Waals surface area contributed by atoms with Crippen LogP contribution < -0.4 is 4.74 Å². The van der Waals surface area contributed by atoms with Crippen LogP contribution in [0.25, 0.3) is 0 Å². The highest BCUT2D eigenvalue weighted by Crippen LogP contribution is 2.27. The third kappa shape index (κ3) is 4.53. The van der Waals surface area contributed by atoms with Crippen LogP contribution in [-0.4, -0.2) is 38.9 Å². The van der Waals surface area contributed by atoms with Gasteiger partial charge in [0, 0.05) is 23.8 Å². The lowest BCUT2D eigenvalue weighted by molar-refractivity contribution is -0.133. The van der Waals surface area contributed by atoms with Gasteiger partial charge in [-0.2, -0.15) is 0 Å². The number of amides is 1. The molecule has 0 saturated heterocycles. The molecule has 0 aromatic heterocycles. The fourth-order valence-electron chi connectivity index (χ4n) is 1.34. The summed E-state index contributed by atoms with van der Waals surface area (Å²) in [5, 5.41) is 0. The number of hydrogen-bond donors (Lipinski definition) is 0. The van der Waals surface area contributed by atoms with E-state index in [0.717, 1.165) is 0 Å². The molecule has 0 bridgehead atoms.